The fourth-order valence-electron chi connectivity index (χ4n) is 5.98. The molecule has 4 aliphatic rings. The molecule has 4 bridgehead atoms. The third-order valence-electron chi connectivity index (χ3n) is 8.23. The predicted octanol–water partition coefficient (Wildman–Crippen LogP) is 3.72. The number of anilines is 2. The van der Waals surface area contributed by atoms with Gasteiger partial charge in [0.1, 0.15) is 17.6 Å². The van der Waals surface area contributed by atoms with Crippen LogP contribution in [0.2, 0.25) is 0 Å². The Morgan fingerprint density at radius 2 is 1.86 bits per heavy atom. The van der Waals surface area contributed by atoms with Crippen molar-refractivity contribution in [3.8, 4) is 11.5 Å². The summed E-state index contributed by atoms with van der Waals surface area (Å²) in [6.45, 7) is 6.78. The van der Waals surface area contributed by atoms with Gasteiger partial charge in [0.2, 0.25) is 0 Å². The van der Waals surface area contributed by atoms with Gasteiger partial charge >= 0.3 is 6.09 Å². The Morgan fingerprint density at radius 3 is 2.50 bits per heavy atom. The number of amides is 2. The number of aromatic hydroxyl groups is 2. The van der Waals surface area contributed by atoms with Gasteiger partial charge in [0.15, 0.2) is 12.4 Å². The fourth-order valence-corrected chi connectivity index (χ4v) is 5.98. The van der Waals surface area contributed by atoms with Gasteiger partial charge in [-0.2, -0.15) is 0 Å². The number of nitrogens with zero attached hydrogens (tertiary/aromatic N) is 1. The van der Waals surface area contributed by atoms with Crippen molar-refractivity contribution in [2.45, 2.75) is 70.7 Å². The van der Waals surface area contributed by atoms with Crippen LogP contribution in [0.1, 0.15) is 45.6 Å². The minimum absolute atomic E-state index is 0.0573. The van der Waals surface area contributed by atoms with Crippen molar-refractivity contribution in [2.24, 2.45) is 11.7 Å². The molecule has 6 N–H and O–H groups in total. The van der Waals surface area contributed by atoms with E-state index >= 15 is 0 Å². The average Bonchev–Trinajstić information content (AvgIpc) is 3.50. The summed E-state index contributed by atoms with van der Waals surface area (Å²) in [4.78, 5) is 27.0. The molecule has 0 saturated carbocycles. The van der Waals surface area contributed by atoms with Crippen LogP contribution in [0.5, 0.6) is 11.5 Å². The van der Waals surface area contributed by atoms with Crippen LogP contribution in [0.15, 0.2) is 47.1 Å². The zero-order valence-electron chi connectivity index (χ0n) is 25.8. The highest BCUT2D eigenvalue weighted by atomic mass is 16.6. The summed E-state index contributed by atoms with van der Waals surface area (Å²) < 4.78 is 22.8. The van der Waals surface area contributed by atoms with Gasteiger partial charge in [-0.05, 0) is 39.2 Å². The van der Waals surface area contributed by atoms with Crippen LogP contribution in [0, 0.1) is 5.92 Å². The molecule has 240 valence electrons. The Labute approximate surface area is 257 Å². The van der Waals surface area contributed by atoms with Crippen LogP contribution in [-0.2, 0) is 23.7 Å². The highest BCUT2D eigenvalue weighted by Gasteiger charge is 2.40. The highest BCUT2D eigenvalue weighted by Crippen LogP contribution is 2.45. The molecule has 2 amide bonds. The molecule has 1 fully saturated rings. The van der Waals surface area contributed by atoms with E-state index in [4.69, 9.17) is 24.7 Å². The molecule has 0 radical (unpaired) electrons. The first kappa shape index (κ1) is 33.1. The van der Waals surface area contributed by atoms with Gasteiger partial charge in [-0.25, -0.2) is 4.79 Å². The quantitative estimate of drug-likeness (QED) is 0.191. The lowest BCUT2D eigenvalue weighted by atomic mass is 9.88. The molecule has 4 heterocycles. The maximum absolute atomic E-state index is 13.1. The number of nitrogens with one attached hydrogen (secondary N) is 1. The maximum atomic E-state index is 13.1. The lowest BCUT2D eigenvalue weighted by Gasteiger charge is -2.39. The molecular formula is C32H43N3O9. The first-order chi connectivity index (χ1) is 20.9. The summed E-state index contributed by atoms with van der Waals surface area (Å²) >= 11 is 0. The van der Waals surface area contributed by atoms with E-state index in [0.717, 1.165) is 31.5 Å². The normalized spacial score (nSPS) is 28.3. The van der Waals surface area contributed by atoms with E-state index in [1.165, 1.54) is 19.3 Å². The van der Waals surface area contributed by atoms with E-state index in [0.29, 0.717) is 17.7 Å². The van der Waals surface area contributed by atoms with Gasteiger partial charge < -0.3 is 50.2 Å². The molecule has 12 nitrogen and oxygen atoms in total. The summed E-state index contributed by atoms with van der Waals surface area (Å²) in [5, 5.41) is 36.4. The zero-order valence-corrected chi connectivity index (χ0v) is 25.8. The number of fused-ring (bicyclic) bond motifs is 9. The predicted molar refractivity (Wildman–Crippen MR) is 165 cm³/mol. The van der Waals surface area contributed by atoms with Crippen molar-refractivity contribution in [1.82, 2.24) is 0 Å². The van der Waals surface area contributed by atoms with Crippen molar-refractivity contribution >= 4 is 29.5 Å². The molecule has 0 aromatic heterocycles. The first-order valence-electron chi connectivity index (χ1n) is 14.7. The molecule has 6 unspecified atom stereocenters. The molecule has 12 heteroatoms. The van der Waals surface area contributed by atoms with Crippen LogP contribution >= 0.6 is 0 Å². The first-order valence-corrected chi connectivity index (χ1v) is 14.7. The largest absolute Gasteiger partial charge is 0.506 e. The second-order valence-electron chi connectivity index (χ2n) is 11.4. The number of phenols is 2. The smallest absolute Gasteiger partial charge is 0.405 e. The number of phenolic OH excluding ortho intramolecular Hbond substituents is 2. The number of hydrogen-bond acceptors (Lipinski definition) is 10. The summed E-state index contributed by atoms with van der Waals surface area (Å²) in [5.41, 5.74) is 7.63. The number of carbonyl (C=O) groups excluding carboxylic acids is 2. The van der Waals surface area contributed by atoms with E-state index in [-0.39, 0.29) is 34.3 Å². The van der Waals surface area contributed by atoms with Gasteiger partial charge in [-0.15, -0.1) is 0 Å². The van der Waals surface area contributed by atoms with Crippen LogP contribution < -0.4 is 16.0 Å². The lowest BCUT2D eigenvalue weighted by molar-refractivity contribution is -0.179. The summed E-state index contributed by atoms with van der Waals surface area (Å²) in [7, 11) is 2.95. The van der Waals surface area contributed by atoms with E-state index in [1.54, 1.807) is 38.3 Å². The van der Waals surface area contributed by atoms with Crippen molar-refractivity contribution in [1.29, 1.82) is 0 Å². The third-order valence-corrected chi connectivity index (χ3v) is 8.23. The Hall–Kier alpha value is -3.84. The van der Waals surface area contributed by atoms with E-state index < -0.39 is 42.7 Å². The van der Waals surface area contributed by atoms with Gasteiger partial charge in [0.05, 0.1) is 23.6 Å². The number of aliphatic hydroxyl groups excluding tert-OH is 1. The van der Waals surface area contributed by atoms with E-state index in [9.17, 15) is 24.9 Å². The minimum atomic E-state index is -1.46. The highest BCUT2D eigenvalue weighted by molar-refractivity contribution is 6.05. The SMILES string of the molecule is COC1C=CC=C(C)C(=O)Nc2cc(O)c(N3CCCC3)c(c2O)C=C(C)CC(OC)C2OC(O)C(=CC2C)C1OC(N)=O. The Balaban J connectivity index is 1.86. The number of methoxy groups -OCH3 is 2. The number of carbonyl (C=O) groups is 2. The second kappa shape index (κ2) is 14.3. The summed E-state index contributed by atoms with van der Waals surface area (Å²) in [6.07, 6.45) is 4.76. The number of primary amides is 1. The Morgan fingerprint density at radius 1 is 1.16 bits per heavy atom. The molecule has 0 spiro atoms. The molecule has 0 aliphatic carbocycles. The standard InChI is InChI=1S/C32H43N3O9/c1-17-13-20-26(35-11-6-7-12-35)23(36)16-22(27(20)37)34-30(38)18(2)9-8-10-24(41-4)29(44-32(33)40)21-15-19(3)28(43-31(21)39)25(14-17)42-5/h8-10,13,15-16,19,24-25,28-29,31,36-37,39H,6-7,11-12,14H2,1-5H3,(H2,33,40)(H,34,38). The van der Waals surface area contributed by atoms with Gasteiger partial charge in [0.25, 0.3) is 5.91 Å². The number of hydrogen-bond donors (Lipinski definition) is 5. The Bertz CT molecular complexity index is 1360. The van der Waals surface area contributed by atoms with Crippen molar-refractivity contribution < 1.29 is 43.9 Å². The average molecular weight is 614 g/mol. The summed E-state index contributed by atoms with van der Waals surface area (Å²) in [5.74, 6) is -1.05. The number of ether oxygens (including phenoxy) is 4. The van der Waals surface area contributed by atoms with Crippen LogP contribution in [0.3, 0.4) is 0 Å². The van der Waals surface area contributed by atoms with E-state index in [1.807, 2.05) is 18.7 Å². The molecule has 1 saturated heterocycles. The van der Waals surface area contributed by atoms with Gasteiger partial charge in [-0.3, -0.25) is 4.79 Å². The molecule has 4 aliphatic heterocycles. The van der Waals surface area contributed by atoms with Crippen LogP contribution in [-0.4, -0.2) is 85.3 Å². The molecule has 5 rings (SSSR count). The fraction of sp³-hybridized carbons (Fsp3) is 0.500. The maximum Gasteiger partial charge on any atom is 0.405 e. The van der Waals surface area contributed by atoms with Crippen molar-refractivity contribution in [3.63, 3.8) is 0 Å². The lowest BCUT2D eigenvalue weighted by Crippen LogP contribution is -2.47. The molecule has 1 aromatic carbocycles. The molecule has 6 atom stereocenters. The number of nitrogens with two attached hydrogens (primary N) is 1. The number of allylic oxidation sites excluding steroid dienone is 2. The molecular weight excluding hydrogens is 570 g/mol. The third kappa shape index (κ3) is 7.27. The van der Waals surface area contributed by atoms with Crippen molar-refractivity contribution in [3.05, 3.63) is 52.7 Å². The van der Waals surface area contributed by atoms with Crippen LogP contribution in [0.25, 0.3) is 6.08 Å². The Kier molecular flexibility index (Phi) is 10.7. The second-order valence-corrected chi connectivity index (χ2v) is 11.4. The topological polar surface area (TPSA) is 173 Å². The number of aliphatic hydroxyl groups is 1. The van der Waals surface area contributed by atoms with E-state index in [2.05, 4.69) is 5.32 Å². The van der Waals surface area contributed by atoms with Gasteiger partial charge in [-0.1, -0.05) is 36.8 Å². The minimum Gasteiger partial charge on any atom is -0.506 e. The molecule has 44 heavy (non-hydrogen) atoms. The zero-order chi connectivity index (χ0) is 32.1. The number of benzene rings is 1. The van der Waals surface area contributed by atoms with Crippen molar-refractivity contribution in [2.75, 3.05) is 37.5 Å². The molecule has 1 aromatic rings. The number of rotatable bonds is 4. The van der Waals surface area contributed by atoms with Gasteiger partial charge in [0, 0.05) is 56.0 Å². The monoisotopic (exact) mass is 613 g/mol. The van der Waals surface area contributed by atoms with Crippen LogP contribution in [0.4, 0.5) is 16.2 Å². The summed E-state index contributed by atoms with van der Waals surface area (Å²) in [6, 6.07) is 1.35.